The van der Waals surface area contributed by atoms with Crippen molar-refractivity contribution in [2.75, 3.05) is 13.1 Å². The van der Waals surface area contributed by atoms with Crippen LogP contribution in [0, 0.1) is 11.8 Å². The van der Waals surface area contributed by atoms with E-state index in [0.717, 1.165) is 32.1 Å². The fraction of sp³-hybridized carbons (Fsp3) is 0.619. The molecule has 24 heavy (non-hydrogen) atoms. The van der Waals surface area contributed by atoms with Crippen molar-refractivity contribution in [3.05, 3.63) is 35.6 Å². The third-order valence-corrected chi connectivity index (χ3v) is 6.31. The zero-order chi connectivity index (χ0) is 16.4. The molecule has 4 aliphatic rings. The Balaban J connectivity index is 1.38. The van der Waals surface area contributed by atoms with Gasteiger partial charge in [0.15, 0.2) is 0 Å². The maximum Gasteiger partial charge on any atom is 0.133 e. The van der Waals surface area contributed by atoms with Crippen molar-refractivity contribution in [2.24, 2.45) is 16.8 Å². The molecule has 1 saturated heterocycles. The molecule has 2 fully saturated rings. The van der Waals surface area contributed by atoms with Crippen LogP contribution in [0.15, 0.2) is 40.6 Å². The Bertz CT molecular complexity index is 613. The predicted octanol–water partition coefficient (Wildman–Crippen LogP) is 4.07. The molecule has 0 aromatic carbocycles. The zero-order valence-corrected chi connectivity index (χ0v) is 14.5. The third kappa shape index (κ3) is 3.32. The number of allylic oxidation sites excluding steroid dienone is 5. The maximum absolute atomic E-state index is 11.1. The van der Waals surface area contributed by atoms with Crippen molar-refractivity contribution in [1.82, 2.24) is 4.90 Å². The third-order valence-electron chi connectivity index (χ3n) is 6.31. The van der Waals surface area contributed by atoms with Gasteiger partial charge in [0.2, 0.25) is 0 Å². The number of likely N-dealkylation sites (tertiary alicyclic amines) is 1. The van der Waals surface area contributed by atoms with E-state index >= 15 is 0 Å². The van der Waals surface area contributed by atoms with Crippen LogP contribution in [0.4, 0.5) is 0 Å². The molecule has 3 heteroatoms. The van der Waals surface area contributed by atoms with Crippen molar-refractivity contribution in [1.29, 1.82) is 0 Å². The van der Waals surface area contributed by atoms with Crippen molar-refractivity contribution in [3.63, 3.8) is 0 Å². The molecular formula is C21H28N2O. The van der Waals surface area contributed by atoms with E-state index in [4.69, 9.17) is 0 Å². The van der Waals surface area contributed by atoms with E-state index in [2.05, 4.69) is 28.1 Å². The summed E-state index contributed by atoms with van der Waals surface area (Å²) in [6, 6.07) is 0.552. The highest BCUT2D eigenvalue weighted by atomic mass is 16.1. The number of aliphatic imine (C=N–C) groups is 1. The van der Waals surface area contributed by atoms with Gasteiger partial charge in [-0.3, -0.25) is 9.89 Å². The highest BCUT2D eigenvalue weighted by Crippen LogP contribution is 2.41. The van der Waals surface area contributed by atoms with Gasteiger partial charge in [-0.25, -0.2) is 0 Å². The van der Waals surface area contributed by atoms with Crippen LogP contribution >= 0.6 is 0 Å². The number of hydrogen-bond acceptors (Lipinski definition) is 3. The van der Waals surface area contributed by atoms with Gasteiger partial charge in [-0.05, 0) is 67.9 Å². The summed E-state index contributed by atoms with van der Waals surface area (Å²) in [4.78, 5) is 18.0. The molecule has 3 nitrogen and oxygen atoms in total. The number of aldehydes is 1. The van der Waals surface area contributed by atoms with E-state index in [9.17, 15) is 4.79 Å². The van der Waals surface area contributed by atoms with Crippen molar-refractivity contribution in [2.45, 2.75) is 57.4 Å². The van der Waals surface area contributed by atoms with E-state index in [1.165, 1.54) is 37.8 Å². The highest BCUT2D eigenvalue weighted by Gasteiger charge is 2.36. The van der Waals surface area contributed by atoms with Gasteiger partial charge >= 0.3 is 0 Å². The lowest BCUT2D eigenvalue weighted by molar-refractivity contribution is -0.109. The van der Waals surface area contributed by atoms with Crippen LogP contribution in [0.3, 0.4) is 0 Å². The molecule has 0 aromatic rings. The van der Waals surface area contributed by atoms with Crippen LogP contribution in [0.5, 0.6) is 0 Å². The first kappa shape index (κ1) is 16.0. The first-order valence-electron chi connectivity index (χ1n) is 9.62. The molecule has 2 heterocycles. The number of fused-ring (bicyclic) bond motifs is 1. The molecule has 4 rings (SSSR count). The number of hydrogen-bond donors (Lipinski definition) is 0. The quantitative estimate of drug-likeness (QED) is 0.690. The lowest BCUT2D eigenvalue weighted by Gasteiger charge is -2.24. The number of carbonyl (C=O) groups excluding carboxylic acids is 1. The summed E-state index contributed by atoms with van der Waals surface area (Å²) >= 11 is 0. The summed E-state index contributed by atoms with van der Waals surface area (Å²) in [7, 11) is 0. The number of nitrogens with zero attached hydrogens (tertiary/aromatic N) is 2. The summed E-state index contributed by atoms with van der Waals surface area (Å²) in [5, 5.41) is 0. The summed E-state index contributed by atoms with van der Waals surface area (Å²) in [6.07, 6.45) is 19.8. The lowest BCUT2D eigenvalue weighted by atomic mass is 9.81. The van der Waals surface area contributed by atoms with Crippen LogP contribution in [-0.4, -0.2) is 36.0 Å². The maximum atomic E-state index is 11.1. The van der Waals surface area contributed by atoms with Crippen LogP contribution in [0.1, 0.15) is 51.4 Å². The lowest BCUT2D eigenvalue weighted by Crippen LogP contribution is -2.32. The van der Waals surface area contributed by atoms with Crippen LogP contribution in [-0.2, 0) is 4.79 Å². The molecule has 0 amide bonds. The van der Waals surface area contributed by atoms with Gasteiger partial charge in [0.25, 0.3) is 0 Å². The molecule has 0 radical (unpaired) electrons. The summed E-state index contributed by atoms with van der Waals surface area (Å²) in [5.74, 6) is 1.40. The number of carbonyl (C=O) groups is 1. The summed E-state index contributed by atoms with van der Waals surface area (Å²) in [6.45, 7) is 1.68. The van der Waals surface area contributed by atoms with E-state index < -0.39 is 0 Å². The van der Waals surface area contributed by atoms with E-state index in [1.54, 1.807) is 11.1 Å². The molecule has 2 aliphatic carbocycles. The molecule has 0 aromatic heterocycles. The van der Waals surface area contributed by atoms with Gasteiger partial charge in [-0.1, -0.05) is 18.2 Å². The zero-order valence-electron chi connectivity index (χ0n) is 14.5. The minimum Gasteiger partial charge on any atom is -0.302 e. The molecule has 3 unspecified atom stereocenters. The first-order chi connectivity index (χ1) is 11.8. The second-order valence-corrected chi connectivity index (χ2v) is 7.77. The second kappa shape index (κ2) is 7.18. The van der Waals surface area contributed by atoms with Gasteiger partial charge in [0, 0.05) is 30.9 Å². The average molecular weight is 324 g/mol. The number of rotatable bonds is 6. The fourth-order valence-corrected chi connectivity index (χ4v) is 5.00. The van der Waals surface area contributed by atoms with Gasteiger partial charge in [-0.2, -0.15) is 0 Å². The van der Waals surface area contributed by atoms with Gasteiger partial charge in [-0.15, -0.1) is 0 Å². The SMILES string of the molecule is O=CCN1CC(C2C=C3CCCC3=CC2)CC1CCC1=NC=CC1. The molecule has 3 atom stereocenters. The van der Waals surface area contributed by atoms with Crippen LogP contribution in [0.25, 0.3) is 0 Å². The smallest absolute Gasteiger partial charge is 0.133 e. The van der Waals surface area contributed by atoms with Gasteiger partial charge in [0.1, 0.15) is 6.29 Å². The van der Waals surface area contributed by atoms with Crippen molar-refractivity contribution < 1.29 is 4.79 Å². The molecule has 0 N–H and O–H groups in total. The predicted molar refractivity (Wildman–Crippen MR) is 98.1 cm³/mol. The minimum absolute atomic E-state index is 0.552. The van der Waals surface area contributed by atoms with E-state index in [0.29, 0.717) is 24.4 Å². The standard InChI is InChI=1S/C21H28N2O/c24-12-11-23-15-19(14-21(23)9-8-20-5-2-10-22-20)18-7-6-16-3-1-4-17(16)13-18/h2,6,10,12-13,18-19,21H,1,3-5,7-9,11,14-15H2. The molecule has 2 aliphatic heterocycles. The molecular weight excluding hydrogens is 296 g/mol. The minimum atomic E-state index is 0.552. The van der Waals surface area contributed by atoms with Gasteiger partial charge < -0.3 is 4.79 Å². The van der Waals surface area contributed by atoms with Crippen LogP contribution < -0.4 is 0 Å². The van der Waals surface area contributed by atoms with Gasteiger partial charge in [0.05, 0.1) is 6.54 Å². The summed E-state index contributed by atoms with van der Waals surface area (Å²) in [5.41, 5.74) is 4.56. The molecule has 0 spiro atoms. The normalized spacial score (nSPS) is 32.5. The Labute approximate surface area is 145 Å². The van der Waals surface area contributed by atoms with E-state index in [-0.39, 0.29) is 0 Å². The van der Waals surface area contributed by atoms with Crippen LogP contribution in [0.2, 0.25) is 0 Å². The fourth-order valence-electron chi connectivity index (χ4n) is 5.00. The Hall–Kier alpha value is -1.48. The Kier molecular flexibility index (Phi) is 4.79. The highest BCUT2D eigenvalue weighted by molar-refractivity contribution is 5.88. The first-order valence-corrected chi connectivity index (χ1v) is 9.62. The summed E-state index contributed by atoms with van der Waals surface area (Å²) < 4.78 is 0. The largest absolute Gasteiger partial charge is 0.302 e. The molecule has 1 saturated carbocycles. The Morgan fingerprint density at radius 3 is 3.04 bits per heavy atom. The monoisotopic (exact) mass is 324 g/mol. The molecule has 0 bridgehead atoms. The van der Waals surface area contributed by atoms with E-state index in [1.807, 2.05) is 6.20 Å². The van der Waals surface area contributed by atoms with Crippen molar-refractivity contribution >= 4 is 12.0 Å². The second-order valence-electron chi connectivity index (χ2n) is 7.77. The van der Waals surface area contributed by atoms with Crippen molar-refractivity contribution in [3.8, 4) is 0 Å². The Morgan fingerprint density at radius 1 is 1.29 bits per heavy atom. The topological polar surface area (TPSA) is 32.7 Å². The Morgan fingerprint density at radius 2 is 2.21 bits per heavy atom. The molecule has 128 valence electrons. The average Bonchev–Trinajstić information content (AvgIpc) is 3.33.